The minimum absolute atomic E-state index is 0.0307. The Morgan fingerprint density at radius 3 is 2.79 bits per heavy atom. The smallest absolute Gasteiger partial charge is 0.276 e. The molecule has 1 aliphatic rings. The number of nitrogen functional groups attached to an aromatic ring is 1. The Bertz CT molecular complexity index is 462. The monoisotopic (exact) mass is 267 g/mol. The minimum Gasteiger partial charge on any atom is -0.381 e. The number of nitrogens with two attached hydrogens (primary N) is 1. The molecule has 2 rings (SSSR count). The lowest BCUT2D eigenvalue weighted by Gasteiger charge is -2.32. The second-order valence-electron chi connectivity index (χ2n) is 4.42. The summed E-state index contributed by atoms with van der Waals surface area (Å²) in [4.78, 5) is 16.6. The van der Waals surface area contributed by atoms with Gasteiger partial charge in [-0.05, 0) is 12.8 Å². The van der Waals surface area contributed by atoms with Crippen LogP contribution in [0.1, 0.15) is 12.8 Å². The van der Waals surface area contributed by atoms with Gasteiger partial charge < -0.3 is 15.1 Å². The molecule has 0 saturated carbocycles. The molecule has 0 spiro atoms. The number of aromatic nitrogens is 1. The van der Waals surface area contributed by atoms with Crippen molar-refractivity contribution in [2.45, 2.75) is 18.9 Å². The molecule has 104 valence electrons. The Labute approximate surface area is 110 Å². The van der Waals surface area contributed by atoms with E-state index in [2.05, 4.69) is 10.4 Å². The SMILES string of the molecule is CN(c1cc([N+](=O)[O-])cc(NN)n1)C1CCOCC1. The molecule has 0 unspecified atom stereocenters. The lowest BCUT2D eigenvalue weighted by atomic mass is 10.1. The third kappa shape index (κ3) is 3.09. The minimum atomic E-state index is -0.455. The van der Waals surface area contributed by atoms with Gasteiger partial charge in [0, 0.05) is 26.3 Å². The van der Waals surface area contributed by atoms with Gasteiger partial charge in [-0.25, -0.2) is 10.8 Å². The van der Waals surface area contributed by atoms with Crippen LogP contribution in [0.5, 0.6) is 0 Å². The number of hydrazine groups is 1. The van der Waals surface area contributed by atoms with E-state index in [4.69, 9.17) is 10.6 Å². The van der Waals surface area contributed by atoms with Crippen LogP contribution in [0.25, 0.3) is 0 Å². The van der Waals surface area contributed by atoms with Gasteiger partial charge in [-0.15, -0.1) is 0 Å². The first kappa shape index (κ1) is 13.5. The van der Waals surface area contributed by atoms with E-state index < -0.39 is 4.92 Å². The van der Waals surface area contributed by atoms with E-state index in [1.807, 2.05) is 11.9 Å². The van der Waals surface area contributed by atoms with Crippen LogP contribution in [0.2, 0.25) is 0 Å². The summed E-state index contributed by atoms with van der Waals surface area (Å²) in [6, 6.07) is 3.03. The van der Waals surface area contributed by atoms with Crippen molar-refractivity contribution >= 4 is 17.3 Å². The second kappa shape index (κ2) is 5.81. The fourth-order valence-electron chi connectivity index (χ4n) is 2.12. The van der Waals surface area contributed by atoms with Crippen LogP contribution < -0.4 is 16.2 Å². The number of anilines is 2. The van der Waals surface area contributed by atoms with E-state index in [1.54, 1.807) is 0 Å². The molecule has 19 heavy (non-hydrogen) atoms. The molecule has 0 amide bonds. The first-order valence-electron chi connectivity index (χ1n) is 6.05. The number of pyridine rings is 1. The van der Waals surface area contributed by atoms with Gasteiger partial charge in [0.1, 0.15) is 11.6 Å². The number of hydrogen-bond donors (Lipinski definition) is 2. The Kier molecular flexibility index (Phi) is 4.13. The van der Waals surface area contributed by atoms with E-state index in [9.17, 15) is 10.1 Å². The fourth-order valence-corrected chi connectivity index (χ4v) is 2.12. The molecule has 1 saturated heterocycles. The quantitative estimate of drug-likeness (QED) is 0.474. The molecule has 1 aromatic heterocycles. The third-order valence-electron chi connectivity index (χ3n) is 3.26. The molecule has 2 heterocycles. The standard InChI is InChI=1S/C11H17N5O3/c1-15(8-2-4-19-5-3-8)11-7-9(16(17)18)6-10(13-11)14-12/h6-8H,2-5,12H2,1H3,(H,13,14). The summed E-state index contributed by atoms with van der Waals surface area (Å²) in [6.45, 7) is 1.40. The molecular formula is C11H17N5O3. The second-order valence-corrected chi connectivity index (χ2v) is 4.42. The third-order valence-corrected chi connectivity index (χ3v) is 3.26. The van der Waals surface area contributed by atoms with Gasteiger partial charge in [-0.3, -0.25) is 10.1 Å². The van der Waals surface area contributed by atoms with Crippen LogP contribution >= 0.6 is 0 Å². The zero-order valence-corrected chi connectivity index (χ0v) is 10.7. The average Bonchev–Trinajstić information content (AvgIpc) is 2.46. The maximum atomic E-state index is 10.9. The normalized spacial score (nSPS) is 16.1. The highest BCUT2D eigenvalue weighted by Crippen LogP contribution is 2.25. The topological polar surface area (TPSA) is 107 Å². The Morgan fingerprint density at radius 2 is 2.21 bits per heavy atom. The molecule has 1 aromatic rings. The van der Waals surface area contributed by atoms with Crippen molar-refractivity contribution in [3.63, 3.8) is 0 Å². The Balaban J connectivity index is 2.26. The molecular weight excluding hydrogens is 250 g/mol. The summed E-state index contributed by atoms with van der Waals surface area (Å²) in [5.74, 6) is 6.11. The number of nitro groups is 1. The summed E-state index contributed by atoms with van der Waals surface area (Å²) in [5.41, 5.74) is 2.32. The Hall–Kier alpha value is -1.93. The van der Waals surface area contributed by atoms with E-state index in [1.165, 1.54) is 12.1 Å². The summed E-state index contributed by atoms with van der Waals surface area (Å²) in [6.07, 6.45) is 1.76. The average molecular weight is 267 g/mol. The molecule has 0 atom stereocenters. The number of rotatable bonds is 4. The fraction of sp³-hybridized carbons (Fsp3) is 0.545. The zero-order valence-electron chi connectivity index (χ0n) is 10.7. The van der Waals surface area contributed by atoms with Crippen LogP contribution in [-0.4, -0.2) is 36.2 Å². The highest BCUT2D eigenvalue weighted by atomic mass is 16.6. The lowest BCUT2D eigenvalue weighted by molar-refractivity contribution is -0.384. The van der Waals surface area contributed by atoms with Crippen molar-refractivity contribution in [2.75, 3.05) is 30.6 Å². The molecule has 0 aliphatic carbocycles. The van der Waals surface area contributed by atoms with Crippen LogP contribution in [0.4, 0.5) is 17.3 Å². The van der Waals surface area contributed by atoms with Gasteiger partial charge >= 0.3 is 0 Å². The maximum Gasteiger partial charge on any atom is 0.276 e. The molecule has 0 bridgehead atoms. The Morgan fingerprint density at radius 1 is 1.53 bits per heavy atom. The molecule has 1 fully saturated rings. The van der Waals surface area contributed by atoms with Gasteiger partial charge in [0.2, 0.25) is 0 Å². The zero-order chi connectivity index (χ0) is 13.8. The van der Waals surface area contributed by atoms with Crippen LogP contribution in [-0.2, 0) is 4.74 Å². The molecule has 8 heteroatoms. The summed E-state index contributed by atoms with van der Waals surface area (Å²) in [5, 5.41) is 10.9. The van der Waals surface area contributed by atoms with Crippen molar-refractivity contribution in [3.05, 3.63) is 22.2 Å². The van der Waals surface area contributed by atoms with Crippen molar-refractivity contribution in [2.24, 2.45) is 5.84 Å². The van der Waals surface area contributed by atoms with Crippen molar-refractivity contribution < 1.29 is 9.66 Å². The number of ether oxygens (including phenoxy) is 1. The molecule has 1 aliphatic heterocycles. The van der Waals surface area contributed by atoms with Gasteiger partial charge in [0.25, 0.3) is 5.69 Å². The summed E-state index contributed by atoms with van der Waals surface area (Å²) >= 11 is 0. The van der Waals surface area contributed by atoms with Gasteiger partial charge in [0.05, 0.1) is 17.1 Å². The molecule has 0 aromatic carbocycles. The van der Waals surface area contributed by atoms with E-state index in [-0.39, 0.29) is 17.5 Å². The molecule has 0 radical (unpaired) electrons. The highest BCUT2D eigenvalue weighted by Gasteiger charge is 2.22. The van der Waals surface area contributed by atoms with Crippen LogP contribution in [0.3, 0.4) is 0 Å². The summed E-state index contributed by atoms with van der Waals surface area (Å²) in [7, 11) is 1.88. The van der Waals surface area contributed by atoms with Crippen molar-refractivity contribution in [1.82, 2.24) is 4.98 Å². The number of nitrogens with zero attached hydrogens (tertiary/aromatic N) is 3. The number of nitrogens with one attached hydrogen (secondary N) is 1. The van der Waals surface area contributed by atoms with Crippen molar-refractivity contribution in [3.8, 4) is 0 Å². The van der Waals surface area contributed by atoms with Gasteiger partial charge in [0.15, 0.2) is 0 Å². The van der Waals surface area contributed by atoms with E-state index in [0.717, 1.165) is 12.8 Å². The summed E-state index contributed by atoms with van der Waals surface area (Å²) < 4.78 is 5.30. The van der Waals surface area contributed by atoms with Gasteiger partial charge in [-0.2, -0.15) is 0 Å². The van der Waals surface area contributed by atoms with Crippen LogP contribution in [0, 0.1) is 10.1 Å². The lowest BCUT2D eigenvalue weighted by Crippen LogP contribution is -2.37. The largest absolute Gasteiger partial charge is 0.381 e. The molecule has 8 nitrogen and oxygen atoms in total. The van der Waals surface area contributed by atoms with E-state index >= 15 is 0 Å². The van der Waals surface area contributed by atoms with Crippen molar-refractivity contribution in [1.29, 1.82) is 0 Å². The predicted octanol–water partition coefficient (Wildman–Crippen LogP) is 0.891. The first-order chi connectivity index (χ1) is 9.11. The van der Waals surface area contributed by atoms with Gasteiger partial charge in [-0.1, -0.05) is 0 Å². The van der Waals surface area contributed by atoms with E-state index in [0.29, 0.717) is 19.0 Å². The van der Waals surface area contributed by atoms with Crippen LogP contribution in [0.15, 0.2) is 12.1 Å². The molecule has 3 N–H and O–H groups in total. The maximum absolute atomic E-state index is 10.9. The highest BCUT2D eigenvalue weighted by molar-refractivity contribution is 5.55. The number of hydrogen-bond acceptors (Lipinski definition) is 7. The first-order valence-corrected chi connectivity index (χ1v) is 6.05. The predicted molar refractivity (Wildman–Crippen MR) is 70.9 cm³/mol.